The van der Waals surface area contributed by atoms with Crippen molar-refractivity contribution in [3.8, 4) is 0 Å². The van der Waals surface area contributed by atoms with Crippen LogP contribution in [0.15, 0.2) is 10.2 Å². The fourth-order valence-corrected chi connectivity index (χ4v) is 0.196. The molecule has 0 spiro atoms. The van der Waals surface area contributed by atoms with Crippen molar-refractivity contribution in [3.63, 3.8) is 0 Å². The summed E-state index contributed by atoms with van der Waals surface area (Å²) in [6, 6.07) is 0. The average molecular weight is 84.1 g/mol. The number of rotatable bonds is 1. The molecule has 0 N–H and O–H groups in total. The van der Waals surface area contributed by atoms with Crippen LogP contribution in [0, 0.1) is 0 Å². The summed E-state index contributed by atoms with van der Waals surface area (Å²) < 4.78 is 0. The molecule has 0 amide bonds. The van der Waals surface area contributed by atoms with Crippen molar-refractivity contribution in [2.45, 2.75) is 13.1 Å². The van der Waals surface area contributed by atoms with Crippen LogP contribution >= 0.6 is 0 Å². The molecule has 0 unspecified atom stereocenters. The van der Waals surface area contributed by atoms with Crippen LogP contribution in [0.2, 0.25) is 0 Å². The van der Waals surface area contributed by atoms with E-state index >= 15 is 0 Å². The minimum atomic E-state index is -0.287. The van der Waals surface area contributed by atoms with E-state index in [1.54, 1.807) is 0 Å². The second-order valence-electron chi connectivity index (χ2n) is 1.22. The molecule has 0 aromatic heterocycles. The smallest absolute Gasteiger partial charge is 0.238 e. The fraction of sp³-hybridized carbons (Fsp3) is 0.667. The first-order valence-corrected chi connectivity index (χ1v) is 1.71. The summed E-state index contributed by atoms with van der Waals surface area (Å²) in [5, 5.41) is 6.75. The van der Waals surface area contributed by atoms with Crippen molar-refractivity contribution in [2.75, 3.05) is 0 Å². The highest BCUT2D eigenvalue weighted by Gasteiger charge is 2.20. The maximum atomic E-state index is 10.0. The molecule has 0 aromatic carbocycles. The summed E-state index contributed by atoms with van der Waals surface area (Å²) in [7, 11) is 0. The Morgan fingerprint density at radius 2 is 2.17 bits per heavy atom. The number of Topliss-reactive ketones (excluding diaryl/α,β-unsaturated/α-hetero) is 1. The molecule has 0 atom stereocenters. The van der Waals surface area contributed by atoms with Crippen molar-refractivity contribution in [1.29, 1.82) is 0 Å². The molecule has 0 bridgehead atoms. The molecule has 1 aliphatic heterocycles. The van der Waals surface area contributed by atoms with Gasteiger partial charge in [0.15, 0.2) is 5.78 Å². The summed E-state index contributed by atoms with van der Waals surface area (Å²) in [6.45, 7) is 1.48. The summed E-state index contributed by atoms with van der Waals surface area (Å²) >= 11 is 0. The average Bonchev–Trinajstić information content (AvgIpc) is 2.06. The van der Waals surface area contributed by atoms with Crippen molar-refractivity contribution >= 4 is 5.78 Å². The standard InChI is InChI=1S/C3H4N2O/c1-2(6)3-4-5-3/h3H,1H3. The van der Waals surface area contributed by atoms with Gasteiger partial charge in [-0.1, -0.05) is 0 Å². The number of carbonyl (C=O) groups is 1. The number of ketones is 1. The van der Waals surface area contributed by atoms with Gasteiger partial charge < -0.3 is 0 Å². The maximum absolute atomic E-state index is 10.0. The van der Waals surface area contributed by atoms with Crippen LogP contribution in [0.5, 0.6) is 0 Å². The molecule has 1 aliphatic rings. The van der Waals surface area contributed by atoms with Gasteiger partial charge in [-0.05, 0) is 6.92 Å². The molecule has 0 radical (unpaired) electrons. The van der Waals surface area contributed by atoms with Crippen molar-refractivity contribution < 1.29 is 4.79 Å². The third-order valence-corrected chi connectivity index (χ3v) is 0.595. The summed E-state index contributed by atoms with van der Waals surface area (Å²) in [5.74, 6) is 0.0370. The van der Waals surface area contributed by atoms with Crippen LogP contribution in [0.3, 0.4) is 0 Å². The third-order valence-electron chi connectivity index (χ3n) is 0.595. The highest BCUT2D eigenvalue weighted by Crippen LogP contribution is 2.09. The second-order valence-corrected chi connectivity index (χ2v) is 1.22. The predicted octanol–water partition coefficient (Wildman–Crippen LogP) is 0.367. The number of nitrogens with zero attached hydrogens (tertiary/aromatic N) is 2. The molecule has 1 rings (SSSR count). The van der Waals surface area contributed by atoms with E-state index in [0.717, 1.165) is 0 Å². The van der Waals surface area contributed by atoms with Gasteiger partial charge in [-0.25, -0.2) is 0 Å². The van der Waals surface area contributed by atoms with Gasteiger partial charge in [0, 0.05) is 0 Å². The van der Waals surface area contributed by atoms with Crippen LogP contribution in [0.1, 0.15) is 6.92 Å². The summed E-state index contributed by atoms with van der Waals surface area (Å²) in [5.41, 5.74) is 0. The molecule has 0 saturated carbocycles. The lowest BCUT2D eigenvalue weighted by atomic mass is 10.4. The molecule has 1 heterocycles. The Balaban J connectivity index is 2.35. The molecular formula is C3H4N2O. The van der Waals surface area contributed by atoms with E-state index in [9.17, 15) is 4.79 Å². The van der Waals surface area contributed by atoms with E-state index < -0.39 is 0 Å². The summed E-state index contributed by atoms with van der Waals surface area (Å²) in [6.07, 6.45) is -0.287. The molecule has 32 valence electrons. The van der Waals surface area contributed by atoms with Gasteiger partial charge in [0.25, 0.3) is 0 Å². The summed E-state index contributed by atoms with van der Waals surface area (Å²) in [4.78, 5) is 10.0. The quantitative estimate of drug-likeness (QED) is 0.452. The molecular weight excluding hydrogens is 80.0 g/mol. The first-order chi connectivity index (χ1) is 2.80. The van der Waals surface area contributed by atoms with Gasteiger partial charge in [-0.15, -0.1) is 0 Å². The fourth-order valence-electron chi connectivity index (χ4n) is 0.196. The monoisotopic (exact) mass is 84.0 g/mol. The first kappa shape index (κ1) is 3.46. The van der Waals surface area contributed by atoms with Gasteiger partial charge in [0.05, 0.1) is 0 Å². The van der Waals surface area contributed by atoms with Gasteiger partial charge in [0.2, 0.25) is 6.17 Å². The van der Waals surface area contributed by atoms with E-state index in [-0.39, 0.29) is 11.9 Å². The zero-order chi connectivity index (χ0) is 4.57. The minimum absolute atomic E-state index is 0.0370. The van der Waals surface area contributed by atoms with Crippen LogP contribution < -0.4 is 0 Å². The third kappa shape index (κ3) is 0.429. The Kier molecular flexibility index (Phi) is 0.498. The van der Waals surface area contributed by atoms with E-state index in [1.165, 1.54) is 6.92 Å². The van der Waals surface area contributed by atoms with Crippen molar-refractivity contribution in [2.24, 2.45) is 10.2 Å². The van der Waals surface area contributed by atoms with Crippen molar-refractivity contribution in [1.82, 2.24) is 0 Å². The Labute approximate surface area is 35.1 Å². The molecule has 0 aromatic rings. The number of hydrogen-bond acceptors (Lipinski definition) is 3. The van der Waals surface area contributed by atoms with E-state index in [0.29, 0.717) is 0 Å². The highest BCUT2D eigenvalue weighted by molar-refractivity contribution is 5.82. The minimum Gasteiger partial charge on any atom is -0.295 e. The molecule has 3 heteroatoms. The maximum Gasteiger partial charge on any atom is 0.238 e. The molecule has 6 heavy (non-hydrogen) atoms. The second kappa shape index (κ2) is 0.864. The lowest BCUT2D eigenvalue weighted by Gasteiger charge is -1.71. The zero-order valence-corrected chi connectivity index (χ0v) is 3.38. The van der Waals surface area contributed by atoms with Gasteiger partial charge in [-0.3, -0.25) is 4.79 Å². The molecule has 0 saturated heterocycles. The Bertz CT molecular complexity index is 101. The zero-order valence-electron chi connectivity index (χ0n) is 3.38. The highest BCUT2D eigenvalue weighted by atomic mass is 16.1. The number of carbonyl (C=O) groups excluding carboxylic acids is 1. The van der Waals surface area contributed by atoms with E-state index in [4.69, 9.17) is 0 Å². The molecule has 3 nitrogen and oxygen atoms in total. The van der Waals surface area contributed by atoms with Crippen LogP contribution in [0.4, 0.5) is 0 Å². The Morgan fingerprint density at radius 3 is 2.17 bits per heavy atom. The molecule has 0 fully saturated rings. The Morgan fingerprint density at radius 1 is 1.67 bits per heavy atom. The van der Waals surface area contributed by atoms with E-state index in [1.807, 2.05) is 0 Å². The van der Waals surface area contributed by atoms with Crippen molar-refractivity contribution in [3.05, 3.63) is 0 Å². The van der Waals surface area contributed by atoms with Gasteiger partial charge >= 0.3 is 0 Å². The van der Waals surface area contributed by atoms with Crippen LogP contribution in [0.25, 0.3) is 0 Å². The molecule has 0 aliphatic carbocycles. The lowest BCUT2D eigenvalue weighted by Crippen LogP contribution is -1.97. The van der Waals surface area contributed by atoms with Crippen LogP contribution in [-0.2, 0) is 4.79 Å². The Hall–Kier alpha value is -0.730. The first-order valence-electron chi connectivity index (χ1n) is 1.71. The SMILES string of the molecule is CC(=O)C1N=N1. The topological polar surface area (TPSA) is 41.8 Å². The van der Waals surface area contributed by atoms with Gasteiger partial charge in [-0.2, -0.15) is 10.2 Å². The van der Waals surface area contributed by atoms with E-state index in [2.05, 4.69) is 10.2 Å². The predicted molar refractivity (Wildman–Crippen MR) is 19.3 cm³/mol. The number of hydrogen-bond donors (Lipinski definition) is 0. The van der Waals surface area contributed by atoms with Crippen LogP contribution in [-0.4, -0.2) is 11.9 Å². The normalized spacial score (nSPS) is 18.2. The lowest BCUT2D eigenvalue weighted by molar-refractivity contribution is -0.116. The van der Waals surface area contributed by atoms with Gasteiger partial charge in [0.1, 0.15) is 0 Å². The largest absolute Gasteiger partial charge is 0.295 e.